The second-order valence-electron chi connectivity index (χ2n) is 4.59. The number of phenolic OH excluding ortho intramolecular Hbond substituents is 1. The van der Waals surface area contributed by atoms with Crippen LogP contribution < -0.4 is 9.47 Å². The highest BCUT2D eigenvalue weighted by Crippen LogP contribution is 2.33. The molecule has 8 heteroatoms. The predicted molar refractivity (Wildman–Crippen MR) is 96.3 cm³/mol. The van der Waals surface area contributed by atoms with Crippen LogP contribution in [0.4, 0.5) is 8.78 Å². The highest BCUT2D eigenvalue weighted by atomic mass is 127. The summed E-state index contributed by atoms with van der Waals surface area (Å²) in [5.41, 5.74) is 0. The second-order valence-corrected chi connectivity index (χ2v) is 6.91. The zero-order valence-corrected chi connectivity index (χ0v) is 16.0. The van der Waals surface area contributed by atoms with Crippen LogP contribution in [0.15, 0.2) is 36.4 Å². The average molecular weight is 546 g/mol. The van der Waals surface area contributed by atoms with E-state index in [0.717, 1.165) is 0 Å². The lowest BCUT2D eigenvalue weighted by Gasteiger charge is -2.11. The number of hydrogen-bond donors (Lipinski definition) is 1. The van der Waals surface area contributed by atoms with Crippen molar-refractivity contribution in [2.24, 2.45) is 0 Å². The Labute approximate surface area is 158 Å². The number of ether oxygens (including phenoxy) is 2. The van der Waals surface area contributed by atoms with Gasteiger partial charge in [-0.25, -0.2) is 4.79 Å². The summed E-state index contributed by atoms with van der Waals surface area (Å²) in [7, 11) is 0. The molecule has 0 atom stereocenters. The van der Waals surface area contributed by atoms with Crippen LogP contribution in [0.25, 0.3) is 0 Å². The van der Waals surface area contributed by atoms with Crippen molar-refractivity contribution >= 4 is 51.2 Å². The first-order valence-corrected chi connectivity index (χ1v) is 8.38. The zero-order valence-electron chi connectivity index (χ0n) is 11.6. The molecule has 0 amide bonds. The van der Waals surface area contributed by atoms with Gasteiger partial charge in [0.05, 0.1) is 7.14 Å². The van der Waals surface area contributed by atoms with Crippen LogP contribution in [0.5, 0.6) is 23.0 Å². The molecule has 1 N–H and O–H groups in total. The van der Waals surface area contributed by atoms with Crippen LogP contribution in [0.3, 0.4) is 0 Å². The quantitative estimate of drug-likeness (QED) is 0.335. The van der Waals surface area contributed by atoms with E-state index in [1.54, 1.807) is 12.1 Å². The van der Waals surface area contributed by atoms with E-state index in [4.69, 9.17) is 4.74 Å². The number of hydrogen-bond acceptors (Lipinski definition) is 4. The highest BCUT2D eigenvalue weighted by molar-refractivity contribution is 14.1. The zero-order chi connectivity index (χ0) is 17.2. The van der Waals surface area contributed by atoms with Crippen LogP contribution in [-0.2, 0) is 4.79 Å². The summed E-state index contributed by atoms with van der Waals surface area (Å²) in [6.07, 6.45) is 0. The van der Waals surface area contributed by atoms with E-state index in [1.165, 1.54) is 24.3 Å². The van der Waals surface area contributed by atoms with Crippen molar-refractivity contribution in [3.63, 3.8) is 0 Å². The number of phenols is 1. The maximum absolute atomic E-state index is 12.8. The van der Waals surface area contributed by atoms with Crippen molar-refractivity contribution < 1.29 is 28.2 Å². The molecular weight excluding hydrogens is 536 g/mol. The fourth-order valence-electron chi connectivity index (χ4n) is 1.51. The van der Waals surface area contributed by atoms with Gasteiger partial charge in [-0.3, -0.25) is 0 Å². The Morgan fingerprint density at radius 1 is 1.04 bits per heavy atom. The number of carbonyl (C=O) groups excluding carboxylic acids is 1. The van der Waals surface area contributed by atoms with Crippen molar-refractivity contribution in [2.75, 3.05) is 0 Å². The van der Waals surface area contributed by atoms with E-state index in [0.29, 0.717) is 25.6 Å². The maximum Gasteiger partial charge on any atom is 0.382 e. The molecule has 0 bridgehead atoms. The molecule has 2 aromatic carbocycles. The lowest BCUT2D eigenvalue weighted by Crippen LogP contribution is -2.29. The van der Waals surface area contributed by atoms with Crippen molar-refractivity contribution in [3.8, 4) is 23.0 Å². The van der Waals surface area contributed by atoms with Gasteiger partial charge >= 0.3 is 11.9 Å². The highest BCUT2D eigenvalue weighted by Gasteiger charge is 2.34. The standard InChI is InChI=1S/C15H10F2I2O4/c1-15(16,17)14(21)23-9-4-2-8(3-5-9)22-10-6-11(18)13(20)12(19)7-10/h2-7,20H,1H3. The molecule has 2 rings (SSSR count). The predicted octanol–water partition coefficient (Wildman–Crippen LogP) is 4.95. The first-order chi connectivity index (χ1) is 10.7. The molecule has 0 aliphatic rings. The summed E-state index contributed by atoms with van der Waals surface area (Å²) in [6, 6.07) is 9.00. The van der Waals surface area contributed by atoms with Gasteiger partial charge in [-0.15, -0.1) is 0 Å². The Morgan fingerprint density at radius 3 is 2.00 bits per heavy atom. The molecule has 122 valence electrons. The summed E-state index contributed by atoms with van der Waals surface area (Å²) >= 11 is 3.96. The SMILES string of the molecule is CC(F)(F)C(=O)Oc1ccc(Oc2cc(I)c(O)c(I)c2)cc1. The number of benzene rings is 2. The Bertz CT molecular complexity index is 704. The summed E-state index contributed by atoms with van der Waals surface area (Å²) < 4.78 is 37.0. The normalized spacial score (nSPS) is 11.2. The number of aromatic hydroxyl groups is 1. The molecule has 0 unspecified atom stereocenters. The molecule has 23 heavy (non-hydrogen) atoms. The Kier molecular flexibility index (Phi) is 5.65. The first-order valence-electron chi connectivity index (χ1n) is 6.23. The topological polar surface area (TPSA) is 55.8 Å². The van der Waals surface area contributed by atoms with Gasteiger partial charge < -0.3 is 14.6 Å². The molecule has 0 aliphatic heterocycles. The monoisotopic (exact) mass is 546 g/mol. The smallest absolute Gasteiger partial charge is 0.382 e. The molecule has 0 aromatic heterocycles. The summed E-state index contributed by atoms with van der Waals surface area (Å²) in [5, 5.41) is 9.70. The molecule has 0 saturated carbocycles. The van der Waals surface area contributed by atoms with Crippen LogP contribution in [0, 0.1) is 7.14 Å². The average Bonchev–Trinajstić information content (AvgIpc) is 2.45. The lowest BCUT2D eigenvalue weighted by molar-refractivity contribution is -0.158. The third-order valence-corrected chi connectivity index (χ3v) is 4.26. The van der Waals surface area contributed by atoms with Crippen molar-refractivity contribution in [1.29, 1.82) is 0 Å². The van der Waals surface area contributed by atoms with Gasteiger partial charge in [-0.2, -0.15) is 8.78 Å². The van der Waals surface area contributed by atoms with E-state index in [1.807, 2.05) is 45.2 Å². The number of alkyl halides is 2. The van der Waals surface area contributed by atoms with Crippen molar-refractivity contribution in [1.82, 2.24) is 0 Å². The third-order valence-electron chi connectivity index (χ3n) is 2.62. The fourth-order valence-corrected chi connectivity index (χ4v) is 3.22. The van der Waals surface area contributed by atoms with Gasteiger partial charge in [0.1, 0.15) is 23.0 Å². The van der Waals surface area contributed by atoms with Crippen molar-refractivity contribution in [2.45, 2.75) is 12.8 Å². The van der Waals surface area contributed by atoms with Gasteiger partial charge in [0.25, 0.3) is 0 Å². The summed E-state index contributed by atoms with van der Waals surface area (Å²) in [4.78, 5) is 11.1. The molecule has 0 fully saturated rings. The molecule has 0 radical (unpaired) electrons. The molecular formula is C15H10F2I2O4. The molecule has 2 aromatic rings. The van der Waals surface area contributed by atoms with Gasteiger partial charge in [-0.1, -0.05) is 0 Å². The second kappa shape index (κ2) is 7.16. The number of halogens is 4. The van der Waals surface area contributed by atoms with E-state index in [9.17, 15) is 18.7 Å². The number of carbonyl (C=O) groups is 1. The minimum absolute atomic E-state index is 0.00116. The summed E-state index contributed by atoms with van der Waals surface area (Å²) in [5.74, 6) is -4.03. The summed E-state index contributed by atoms with van der Waals surface area (Å²) in [6.45, 7) is 0.473. The minimum atomic E-state index is -3.55. The van der Waals surface area contributed by atoms with E-state index in [2.05, 4.69) is 4.74 Å². The number of esters is 1. The largest absolute Gasteiger partial charge is 0.506 e. The Balaban J connectivity index is 2.10. The van der Waals surface area contributed by atoms with Crippen LogP contribution in [0.2, 0.25) is 0 Å². The van der Waals surface area contributed by atoms with Gasteiger partial charge in [0.2, 0.25) is 0 Å². The Morgan fingerprint density at radius 2 is 1.52 bits per heavy atom. The van der Waals surface area contributed by atoms with Crippen molar-refractivity contribution in [3.05, 3.63) is 43.5 Å². The van der Waals surface area contributed by atoms with Crippen LogP contribution in [-0.4, -0.2) is 17.0 Å². The van der Waals surface area contributed by atoms with Crippen LogP contribution in [0.1, 0.15) is 6.92 Å². The molecule has 0 spiro atoms. The van der Waals surface area contributed by atoms with E-state index < -0.39 is 11.9 Å². The molecule has 4 nitrogen and oxygen atoms in total. The van der Waals surface area contributed by atoms with Gasteiger partial charge in [0, 0.05) is 6.92 Å². The van der Waals surface area contributed by atoms with E-state index in [-0.39, 0.29) is 11.5 Å². The van der Waals surface area contributed by atoms with Gasteiger partial charge in [-0.05, 0) is 81.6 Å². The molecule has 0 aliphatic carbocycles. The molecule has 0 saturated heterocycles. The number of rotatable bonds is 4. The first kappa shape index (κ1) is 18.2. The van der Waals surface area contributed by atoms with Gasteiger partial charge in [0.15, 0.2) is 0 Å². The minimum Gasteiger partial charge on any atom is -0.506 e. The van der Waals surface area contributed by atoms with Crippen LogP contribution >= 0.6 is 45.2 Å². The Hall–Kier alpha value is -1.17. The fraction of sp³-hybridized carbons (Fsp3) is 0.133. The lowest BCUT2D eigenvalue weighted by atomic mass is 10.3. The van der Waals surface area contributed by atoms with E-state index >= 15 is 0 Å². The molecule has 0 heterocycles. The third kappa shape index (κ3) is 4.90. The maximum atomic E-state index is 12.8.